The Balaban J connectivity index is 2.14. The van der Waals surface area contributed by atoms with Crippen molar-refractivity contribution in [3.05, 3.63) is 34.2 Å². The minimum atomic E-state index is -0.186. The Labute approximate surface area is 99.8 Å². The summed E-state index contributed by atoms with van der Waals surface area (Å²) in [7, 11) is 0. The molecule has 0 atom stereocenters. The number of carbonyl (C=O) groups is 1. The van der Waals surface area contributed by atoms with Gasteiger partial charge in [-0.2, -0.15) is 0 Å². The molecule has 2 N–H and O–H groups in total. The minimum Gasteiger partial charge on any atom is -0.333 e. The van der Waals surface area contributed by atoms with Crippen molar-refractivity contribution >= 4 is 5.91 Å². The van der Waals surface area contributed by atoms with Gasteiger partial charge in [-0.1, -0.05) is 6.92 Å². The van der Waals surface area contributed by atoms with E-state index >= 15 is 0 Å². The Kier molecular flexibility index (Phi) is 3.58. The Morgan fingerprint density at radius 3 is 2.71 bits per heavy atom. The number of pyridine rings is 1. The molecule has 17 heavy (non-hydrogen) atoms. The lowest BCUT2D eigenvalue weighted by Crippen LogP contribution is -2.59. The van der Waals surface area contributed by atoms with Gasteiger partial charge in [-0.3, -0.25) is 9.59 Å². The summed E-state index contributed by atoms with van der Waals surface area (Å²) in [5, 5.41) is 3.16. The van der Waals surface area contributed by atoms with Gasteiger partial charge in [0.25, 0.3) is 5.91 Å². The van der Waals surface area contributed by atoms with E-state index < -0.39 is 0 Å². The molecule has 1 fully saturated rings. The Bertz CT molecular complexity index is 431. The summed E-state index contributed by atoms with van der Waals surface area (Å²) in [6.45, 7) is 4.52. The van der Waals surface area contributed by atoms with Crippen LogP contribution in [-0.4, -0.2) is 41.5 Å². The minimum absolute atomic E-state index is 0.00500. The SMILES string of the molecule is CCCN(C(=O)c1ccc(=O)[nH]c1)C1CNC1. The summed E-state index contributed by atoms with van der Waals surface area (Å²) in [4.78, 5) is 27.6. The van der Waals surface area contributed by atoms with Crippen LogP contribution in [0, 0.1) is 0 Å². The van der Waals surface area contributed by atoms with Gasteiger partial charge < -0.3 is 15.2 Å². The Morgan fingerprint density at radius 2 is 2.24 bits per heavy atom. The van der Waals surface area contributed by atoms with Crippen LogP contribution in [0.3, 0.4) is 0 Å². The molecule has 1 aromatic rings. The molecule has 0 saturated carbocycles. The van der Waals surface area contributed by atoms with E-state index in [0.29, 0.717) is 5.56 Å². The first kappa shape index (κ1) is 11.9. The highest BCUT2D eigenvalue weighted by atomic mass is 16.2. The van der Waals surface area contributed by atoms with Crippen LogP contribution in [0.25, 0.3) is 0 Å². The third-order valence-electron chi connectivity index (χ3n) is 2.96. The Hall–Kier alpha value is -1.62. The van der Waals surface area contributed by atoms with E-state index in [1.165, 1.54) is 12.3 Å². The predicted octanol–water partition coefficient (Wildman–Crippen LogP) is 0.199. The summed E-state index contributed by atoms with van der Waals surface area (Å²) in [6, 6.07) is 3.25. The third kappa shape index (κ3) is 2.55. The molecule has 2 rings (SSSR count). The summed E-state index contributed by atoms with van der Waals surface area (Å²) in [5.41, 5.74) is 0.360. The molecule has 92 valence electrons. The number of rotatable bonds is 4. The first-order chi connectivity index (χ1) is 8.22. The largest absolute Gasteiger partial charge is 0.333 e. The molecule has 0 aliphatic carbocycles. The molecular weight excluding hydrogens is 218 g/mol. The van der Waals surface area contributed by atoms with Crippen LogP contribution in [0.4, 0.5) is 0 Å². The first-order valence-corrected chi connectivity index (χ1v) is 5.93. The highest BCUT2D eigenvalue weighted by Crippen LogP contribution is 2.11. The lowest BCUT2D eigenvalue weighted by Gasteiger charge is -2.38. The van der Waals surface area contributed by atoms with Crippen molar-refractivity contribution in [1.29, 1.82) is 0 Å². The van der Waals surface area contributed by atoms with Crippen LogP contribution in [0.2, 0.25) is 0 Å². The van der Waals surface area contributed by atoms with E-state index in [-0.39, 0.29) is 17.5 Å². The second kappa shape index (κ2) is 5.14. The standard InChI is InChI=1S/C12H17N3O2/c1-2-5-15(10-7-13-8-10)12(17)9-3-4-11(16)14-6-9/h3-4,6,10,13H,2,5,7-8H2,1H3,(H,14,16). The maximum Gasteiger partial charge on any atom is 0.255 e. The molecule has 5 nitrogen and oxygen atoms in total. The molecule has 0 aromatic carbocycles. The van der Waals surface area contributed by atoms with Gasteiger partial charge in [0.15, 0.2) is 0 Å². The predicted molar refractivity (Wildman–Crippen MR) is 65.0 cm³/mol. The maximum absolute atomic E-state index is 12.3. The quantitative estimate of drug-likeness (QED) is 0.783. The first-order valence-electron chi connectivity index (χ1n) is 5.93. The van der Waals surface area contributed by atoms with Crippen LogP contribution >= 0.6 is 0 Å². The third-order valence-corrected chi connectivity index (χ3v) is 2.96. The fourth-order valence-corrected chi connectivity index (χ4v) is 1.89. The fraction of sp³-hybridized carbons (Fsp3) is 0.500. The number of aromatic amines is 1. The average molecular weight is 235 g/mol. The molecule has 0 bridgehead atoms. The number of nitrogens with zero attached hydrogens (tertiary/aromatic N) is 1. The molecule has 1 aliphatic heterocycles. The van der Waals surface area contributed by atoms with Crippen molar-refractivity contribution in [2.75, 3.05) is 19.6 Å². The molecule has 0 radical (unpaired) electrons. The zero-order chi connectivity index (χ0) is 12.3. The van der Waals surface area contributed by atoms with Gasteiger partial charge in [0, 0.05) is 31.9 Å². The molecule has 1 amide bonds. The van der Waals surface area contributed by atoms with E-state index in [2.05, 4.69) is 17.2 Å². The number of amides is 1. The van der Waals surface area contributed by atoms with E-state index in [1.807, 2.05) is 4.90 Å². The van der Waals surface area contributed by atoms with Crippen molar-refractivity contribution in [2.45, 2.75) is 19.4 Å². The van der Waals surface area contributed by atoms with Gasteiger partial charge in [-0.25, -0.2) is 0 Å². The van der Waals surface area contributed by atoms with Crippen molar-refractivity contribution in [3.8, 4) is 0 Å². The summed E-state index contributed by atoms with van der Waals surface area (Å²) in [5.74, 6) is -0.00500. The monoisotopic (exact) mass is 235 g/mol. The van der Waals surface area contributed by atoms with E-state index in [9.17, 15) is 9.59 Å². The van der Waals surface area contributed by atoms with Gasteiger partial charge >= 0.3 is 0 Å². The second-order valence-corrected chi connectivity index (χ2v) is 4.25. The molecule has 0 unspecified atom stereocenters. The van der Waals surface area contributed by atoms with Gasteiger partial charge in [-0.15, -0.1) is 0 Å². The zero-order valence-electron chi connectivity index (χ0n) is 9.90. The number of hydrogen-bond acceptors (Lipinski definition) is 3. The molecule has 1 aromatic heterocycles. The number of nitrogens with one attached hydrogen (secondary N) is 2. The van der Waals surface area contributed by atoms with Crippen LogP contribution < -0.4 is 10.9 Å². The molecule has 1 aliphatic rings. The van der Waals surface area contributed by atoms with Crippen molar-refractivity contribution in [1.82, 2.24) is 15.2 Å². The van der Waals surface area contributed by atoms with Crippen LogP contribution in [0.5, 0.6) is 0 Å². The highest BCUT2D eigenvalue weighted by molar-refractivity contribution is 5.94. The maximum atomic E-state index is 12.3. The fourth-order valence-electron chi connectivity index (χ4n) is 1.89. The van der Waals surface area contributed by atoms with Crippen molar-refractivity contribution < 1.29 is 4.79 Å². The van der Waals surface area contributed by atoms with Crippen LogP contribution in [0.15, 0.2) is 23.1 Å². The van der Waals surface area contributed by atoms with Crippen LogP contribution in [-0.2, 0) is 0 Å². The topological polar surface area (TPSA) is 65.2 Å². The zero-order valence-corrected chi connectivity index (χ0v) is 9.90. The molecule has 5 heteroatoms. The second-order valence-electron chi connectivity index (χ2n) is 4.25. The normalized spacial score (nSPS) is 15.4. The number of hydrogen-bond donors (Lipinski definition) is 2. The molecule has 0 spiro atoms. The van der Waals surface area contributed by atoms with E-state index in [0.717, 1.165) is 26.1 Å². The van der Waals surface area contributed by atoms with Gasteiger partial charge in [0.2, 0.25) is 5.56 Å². The molecular formula is C12H17N3O2. The van der Waals surface area contributed by atoms with Gasteiger partial charge in [0.05, 0.1) is 11.6 Å². The van der Waals surface area contributed by atoms with Crippen molar-refractivity contribution in [3.63, 3.8) is 0 Å². The number of H-pyrrole nitrogens is 1. The molecule has 2 heterocycles. The van der Waals surface area contributed by atoms with E-state index in [4.69, 9.17) is 0 Å². The smallest absolute Gasteiger partial charge is 0.255 e. The summed E-state index contributed by atoms with van der Waals surface area (Å²) in [6.07, 6.45) is 2.42. The molecule has 1 saturated heterocycles. The van der Waals surface area contributed by atoms with Gasteiger partial charge in [0.1, 0.15) is 0 Å². The average Bonchev–Trinajstić information content (AvgIpc) is 2.26. The van der Waals surface area contributed by atoms with Gasteiger partial charge in [-0.05, 0) is 12.5 Å². The number of carbonyl (C=O) groups excluding carboxylic acids is 1. The van der Waals surface area contributed by atoms with Crippen LogP contribution in [0.1, 0.15) is 23.7 Å². The number of aromatic nitrogens is 1. The Morgan fingerprint density at radius 1 is 1.47 bits per heavy atom. The van der Waals surface area contributed by atoms with Crippen molar-refractivity contribution in [2.24, 2.45) is 0 Å². The lowest BCUT2D eigenvalue weighted by molar-refractivity contribution is 0.0615. The highest BCUT2D eigenvalue weighted by Gasteiger charge is 2.28. The summed E-state index contributed by atoms with van der Waals surface area (Å²) < 4.78 is 0. The lowest BCUT2D eigenvalue weighted by atomic mass is 10.1. The summed E-state index contributed by atoms with van der Waals surface area (Å²) >= 11 is 0. The van der Waals surface area contributed by atoms with E-state index in [1.54, 1.807) is 6.07 Å².